The molecule has 0 amide bonds. The van der Waals surface area contributed by atoms with Crippen LogP contribution in [0.3, 0.4) is 0 Å². The van der Waals surface area contributed by atoms with Gasteiger partial charge in [0.2, 0.25) is 0 Å². The van der Waals surface area contributed by atoms with Crippen LogP contribution in [0.2, 0.25) is 0 Å². The molecule has 0 radical (unpaired) electrons. The quantitative estimate of drug-likeness (QED) is 0.625. The van der Waals surface area contributed by atoms with Crippen LogP contribution in [0.1, 0.15) is 20.8 Å². The SMILES string of the molecule is C=CN1N=C(C)C=C/C1=C(/C)C(C)=O. The van der Waals surface area contributed by atoms with Gasteiger partial charge in [-0.25, -0.2) is 5.01 Å². The summed E-state index contributed by atoms with van der Waals surface area (Å²) in [6.07, 6.45) is 5.34. The number of ketones is 1. The molecule has 1 aliphatic rings. The van der Waals surface area contributed by atoms with Gasteiger partial charge in [-0.2, -0.15) is 5.10 Å². The summed E-state index contributed by atoms with van der Waals surface area (Å²) in [4.78, 5) is 11.2. The highest BCUT2D eigenvalue weighted by molar-refractivity contribution is 5.97. The Kier molecular flexibility index (Phi) is 3.02. The van der Waals surface area contributed by atoms with Crippen LogP contribution in [-0.4, -0.2) is 16.5 Å². The van der Waals surface area contributed by atoms with Crippen LogP contribution in [0, 0.1) is 0 Å². The first-order valence-corrected chi connectivity index (χ1v) is 4.43. The van der Waals surface area contributed by atoms with Crippen molar-refractivity contribution in [1.82, 2.24) is 5.01 Å². The Morgan fingerprint density at radius 3 is 2.64 bits per heavy atom. The van der Waals surface area contributed by atoms with Gasteiger partial charge in [0.05, 0.1) is 11.4 Å². The minimum Gasteiger partial charge on any atom is -0.295 e. The number of hydrogen-bond acceptors (Lipinski definition) is 3. The predicted molar refractivity (Wildman–Crippen MR) is 57.7 cm³/mol. The second-order valence-corrected chi connectivity index (χ2v) is 3.17. The fourth-order valence-electron chi connectivity index (χ4n) is 1.15. The zero-order valence-corrected chi connectivity index (χ0v) is 8.74. The zero-order chi connectivity index (χ0) is 10.7. The van der Waals surface area contributed by atoms with Crippen molar-refractivity contribution in [2.45, 2.75) is 20.8 Å². The third kappa shape index (κ3) is 1.99. The molecule has 0 atom stereocenters. The Labute approximate surface area is 84.1 Å². The summed E-state index contributed by atoms with van der Waals surface area (Å²) in [5.74, 6) is 0.0475. The van der Waals surface area contributed by atoms with Crippen LogP contribution >= 0.6 is 0 Å². The van der Waals surface area contributed by atoms with Crippen molar-refractivity contribution >= 4 is 11.5 Å². The van der Waals surface area contributed by atoms with Crippen LogP contribution in [0.4, 0.5) is 0 Å². The van der Waals surface area contributed by atoms with Crippen molar-refractivity contribution in [2.75, 3.05) is 0 Å². The normalized spacial score (nSPS) is 19.1. The number of hydrogen-bond donors (Lipinski definition) is 0. The zero-order valence-electron chi connectivity index (χ0n) is 8.74. The van der Waals surface area contributed by atoms with Crippen molar-refractivity contribution < 1.29 is 4.79 Å². The molecule has 0 N–H and O–H groups in total. The third-order valence-corrected chi connectivity index (χ3v) is 2.08. The molecule has 3 nitrogen and oxygen atoms in total. The van der Waals surface area contributed by atoms with Crippen molar-refractivity contribution in [3.05, 3.63) is 36.2 Å². The number of carbonyl (C=O) groups excluding carboxylic acids is 1. The lowest BCUT2D eigenvalue weighted by Crippen LogP contribution is -2.16. The third-order valence-electron chi connectivity index (χ3n) is 2.08. The average molecular weight is 190 g/mol. The highest BCUT2D eigenvalue weighted by Crippen LogP contribution is 2.17. The molecule has 0 aromatic heterocycles. The van der Waals surface area contributed by atoms with E-state index in [1.807, 2.05) is 19.1 Å². The fourth-order valence-corrected chi connectivity index (χ4v) is 1.15. The Bertz CT molecular complexity index is 361. The highest BCUT2D eigenvalue weighted by Gasteiger charge is 2.12. The van der Waals surface area contributed by atoms with Gasteiger partial charge in [-0.15, -0.1) is 0 Å². The van der Waals surface area contributed by atoms with E-state index in [1.54, 1.807) is 25.1 Å². The summed E-state index contributed by atoms with van der Waals surface area (Å²) in [5, 5.41) is 5.84. The number of nitrogens with zero attached hydrogens (tertiary/aromatic N) is 2. The largest absolute Gasteiger partial charge is 0.295 e. The molecule has 1 rings (SSSR count). The van der Waals surface area contributed by atoms with Crippen molar-refractivity contribution in [3.63, 3.8) is 0 Å². The summed E-state index contributed by atoms with van der Waals surface area (Å²) in [7, 11) is 0. The maximum Gasteiger partial charge on any atom is 0.157 e. The van der Waals surface area contributed by atoms with E-state index in [0.717, 1.165) is 11.4 Å². The van der Waals surface area contributed by atoms with E-state index in [-0.39, 0.29) is 5.78 Å². The Balaban J connectivity index is 3.14. The average Bonchev–Trinajstić information content (AvgIpc) is 2.16. The lowest BCUT2D eigenvalue weighted by atomic mass is 10.1. The summed E-state index contributed by atoms with van der Waals surface area (Å²) in [6, 6.07) is 0. The molecule has 3 heteroatoms. The number of carbonyl (C=O) groups is 1. The molecule has 14 heavy (non-hydrogen) atoms. The van der Waals surface area contributed by atoms with E-state index in [1.165, 1.54) is 0 Å². The highest BCUT2D eigenvalue weighted by atomic mass is 16.1. The molecule has 0 spiro atoms. The molecule has 1 heterocycles. The lowest BCUT2D eigenvalue weighted by Gasteiger charge is -2.20. The first kappa shape index (κ1) is 10.4. The molecule has 0 aromatic rings. The molecular formula is C11H14N2O. The molecular weight excluding hydrogens is 176 g/mol. The Hall–Kier alpha value is -1.64. The van der Waals surface area contributed by atoms with E-state index in [0.29, 0.717) is 5.57 Å². The van der Waals surface area contributed by atoms with E-state index in [9.17, 15) is 4.79 Å². The van der Waals surface area contributed by atoms with Gasteiger partial charge >= 0.3 is 0 Å². The van der Waals surface area contributed by atoms with Gasteiger partial charge in [-0.1, -0.05) is 6.58 Å². The van der Waals surface area contributed by atoms with Gasteiger partial charge in [0, 0.05) is 11.8 Å². The summed E-state index contributed by atoms with van der Waals surface area (Å²) < 4.78 is 0. The van der Waals surface area contributed by atoms with Crippen LogP contribution in [0.5, 0.6) is 0 Å². The van der Waals surface area contributed by atoms with Crippen LogP contribution in [0.15, 0.2) is 41.3 Å². The maximum absolute atomic E-state index is 11.2. The standard InChI is InChI=1S/C11H14N2O/c1-5-13-11(9(3)10(4)14)7-6-8(2)12-13/h5-7H,1H2,2-4H3/b11-9+. The number of allylic oxidation sites excluding steroid dienone is 3. The summed E-state index contributed by atoms with van der Waals surface area (Å²) in [5.41, 5.74) is 2.38. The molecule has 74 valence electrons. The minimum absolute atomic E-state index is 0.0475. The van der Waals surface area contributed by atoms with E-state index in [4.69, 9.17) is 0 Å². The van der Waals surface area contributed by atoms with Gasteiger partial charge in [-0.3, -0.25) is 4.79 Å². The monoisotopic (exact) mass is 190 g/mol. The smallest absolute Gasteiger partial charge is 0.157 e. The molecule has 0 saturated carbocycles. The van der Waals surface area contributed by atoms with Gasteiger partial charge < -0.3 is 0 Å². The molecule has 0 bridgehead atoms. The van der Waals surface area contributed by atoms with E-state index >= 15 is 0 Å². The van der Waals surface area contributed by atoms with Crippen molar-refractivity contribution in [1.29, 1.82) is 0 Å². The fraction of sp³-hybridized carbons (Fsp3) is 0.273. The first-order chi connectivity index (χ1) is 6.56. The van der Waals surface area contributed by atoms with Crippen molar-refractivity contribution in [3.8, 4) is 0 Å². The Morgan fingerprint density at radius 2 is 2.14 bits per heavy atom. The molecule has 0 aromatic carbocycles. The first-order valence-electron chi connectivity index (χ1n) is 4.43. The molecule has 0 fully saturated rings. The van der Waals surface area contributed by atoms with E-state index in [2.05, 4.69) is 11.7 Å². The number of hydrazone groups is 1. The van der Waals surface area contributed by atoms with Gasteiger partial charge in [0.1, 0.15) is 0 Å². The number of Topliss-reactive ketones (excluding diaryl/α,β-unsaturated/α-hetero) is 1. The maximum atomic E-state index is 11.2. The summed E-state index contributed by atoms with van der Waals surface area (Å²) >= 11 is 0. The second-order valence-electron chi connectivity index (χ2n) is 3.17. The van der Waals surface area contributed by atoms with Gasteiger partial charge in [-0.05, 0) is 32.9 Å². The minimum atomic E-state index is 0.0475. The van der Waals surface area contributed by atoms with E-state index < -0.39 is 0 Å². The van der Waals surface area contributed by atoms with Crippen LogP contribution in [0.25, 0.3) is 0 Å². The molecule has 0 aliphatic carbocycles. The van der Waals surface area contributed by atoms with Crippen molar-refractivity contribution in [2.24, 2.45) is 5.10 Å². The second kappa shape index (κ2) is 4.05. The van der Waals surface area contributed by atoms with Gasteiger partial charge in [0.15, 0.2) is 5.78 Å². The lowest BCUT2D eigenvalue weighted by molar-refractivity contribution is -0.113. The molecule has 0 unspecified atom stereocenters. The molecule has 0 saturated heterocycles. The Morgan fingerprint density at radius 1 is 1.50 bits per heavy atom. The van der Waals surface area contributed by atoms with Crippen LogP contribution < -0.4 is 0 Å². The predicted octanol–water partition coefficient (Wildman–Crippen LogP) is 2.24. The number of rotatable bonds is 2. The molecule has 1 aliphatic heterocycles. The topological polar surface area (TPSA) is 32.7 Å². The van der Waals surface area contributed by atoms with Crippen LogP contribution in [-0.2, 0) is 4.79 Å². The van der Waals surface area contributed by atoms with Gasteiger partial charge in [0.25, 0.3) is 0 Å². The summed E-state index contributed by atoms with van der Waals surface area (Å²) in [6.45, 7) is 8.88.